The molecular formula is C16H42Cl2HfNSi2-7. The molecule has 0 saturated heterocycles. The summed E-state index contributed by atoms with van der Waals surface area (Å²) >= 11 is 0. The van der Waals surface area contributed by atoms with Crippen molar-refractivity contribution in [1.29, 1.82) is 0 Å². The first-order valence-corrected chi connectivity index (χ1v) is 10.7. The Labute approximate surface area is 180 Å². The summed E-state index contributed by atoms with van der Waals surface area (Å²) in [5, 5.41) is 0. The van der Waals surface area contributed by atoms with Crippen LogP contribution in [0.2, 0.25) is 39.3 Å². The fraction of sp³-hybridized carbons (Fsp3) is 0.438. The predicted molar refractivity (Wildman–Crippen MR) is 120 cm³/mol. The Kier molecular flexibility index (Phi) is 233. The summed E-state index contributed by atoms with van der Waals surface area (Å²) in [6.07, 6.45) is 10.0. The van der Waals surface area contributed by atoms with Crippen molar-refractivity contribution >= 4 is 42.4 Å². The van der Waals surface area contributed by atoms with Gasteiger partial charge in [-0.15, -0.1) is 31.2 Å². The molecule has 1 aliphatic rings. The number of allylic oxidation sites excluding steroid dienone is 4. The quantitative estimate of drug-likeness (QED) is 0.216. The number of hydrogen-bond donors (Lipinski definition) is 0. The minimum absolute atomic E-state index is 0. The van der Waals surface area contributed by atoms with Crippen LogP contribution in [0.3, 0.4) is 0 Å². The Hall–Kier alpha value is 1.32. The molecule has 0 saturated carbocycles. The summed E-state index contributed by atoms with van der Waals surface area (Å²) in [5.74, 6) is 0. The molecule has 2 radical (unpaired) electrons. The van der Waals surface area contributed by atoms with E-state index in [4.69, 9.17) is 0 Å². The molecule has 0 aromatic rings. The van der Waals surface area contributed by atoms with Crippen LogP contribution in [-0.2, 0) is 25.8 Å². The second-order valence-corrected chi connectivity index (χ2v) is 10.0. The maximum atomic E-state index is 2.99. The van der Waals surface area contributed by atoms with E-state index in [1.807, 2.05) is 12.2 Å². The minimum atomic E-state index is 0. The van der Waals surface area contributed by atoms with Crippen molar-refractivity contribution in [3.05, 3.63) is 67.6 Å². The zero-order chi connectivity index (χ0) is 10.7. The summed E-state index contributed by atoms with van der Waals surface area (Å²) < 4.78 is 0. The molecule has 0 atom stereocenters. The predicted octanol–water partition coefficient (Wildman–Crippen LogP) is 7.86. The van der Waals surface area contributed by atoms with Crippen LogP contribution in [0.15, 0.2) is 18.2 Å². The van der Waals surface area contributed by atoms with Gasteiger partial charge in [0.25, 0.3) is 0 Å². The van der Waals surface area contributed by atoms with E-state index in [2.05, 4.69) is 51.4 Å². The minimum Gasteiger partial charge on any atom is -0.693 e. The average Bonchev–Trinajstić information content (AvgIpc) is 2.35. The molecule has 0 fully saturated rings. The third-order valence-corrected chi connectivity index (χ3v) is 0.586. The Morgan fingerprint density at radius 1 is 0.727 bits per heavy atom. The molecule has 0 aliphatic heterocycles. The van der Waals surface area contributed by atoms with Gasteiger partial charge in [-0.1, -0.05) is 39.3 Å². The van der Waals surface area contributed by atoms with Crippen LogP contribution in [0.25, 0.3) is 6.15 Å². The number of rotatable bonds is 0. The van der Waals surface area contributed by atoms with Gasteiger partial charge in [-0.3, -0.25) is 6.08 Å². The van der Waals surface area contributed by atoms with Crippen molar-refractivity contribution in [2.45, 2.75) is 45.7 Å². The molecule has 22 heavy (non-hydrogen) atoms. The zero-order valence-corrected chi connectivity index (χ0v) is 24.1. The topological polar surface area (TPSA) is 33.5 Å². The second kappa shape index (κ2) is 66.8. The molecule has 0 heterocycles. The molecular weight excluding hydrogens is 512 g/mol. The van der Waals surface area contributed by atoms with Gasteiger partial charge >= 0.3 is 0 Å². The number of hydrogen-bond acceptors (Lipinski definition) is 0. The van der Waals surface area contributed by atoms with Gasteiger partial charge in [0.05, 0.1) is 0 Å². The molecule has 0 unspecified atom stereocenters. The van der Waals surface area contributed by atoms with Gasteiger partial charge in [0.2, 0.25) is 0 Å². The van der Waals surface area contributed by atoms with Crippen LogP contribution in [-0.4, -0.2) is 17.6 Å². The van der Waals surface area contributed by atoms with Gasteiger partial charge in [-0.2, -0.15) is 6.08 Å². The molecule has 1 rings (SSSR count). The maximum absolute atomic E-state index is 2.99. The van der Waals surface area contributed by atoms with Crippen molar-refractivity contribution < 1.29 is 25.8 Å². The second-order valence-electron chi connectivity index (χ2n) is 4.00. The largest absolute Gasteiger partial charge is 0.693 e. The Morgan fingerprint density at radius 2 is 0.955 bits per heavy atom. The molecule has 6 heteroatoms. The van der Waals surface area contributed by atoms with E-state index >= 15 is 0 Å². The van der Waals surface area contributed by atoms with Crippen molar-refractivity contribution in [2.75, 3.05) is 0 Å². The van der Waals surface area contributed by atoms with E-state index < -0.39 is 0 Å². The maximum Gasteiger partial charge on any atom is 0.0379 e. The van der Waals surface area contributed by atoms with Crippen LogP contribution >= 0.6 is 24.8 Å². The molecule has 0 aromatic heterocycles. The summed E-state index contributed by atoms with van der Waals surface area (Å²) in [7, 11) is 0.241. The van der Waals surface area contributed by atoms with E-state index in [9.17, 15) is 0 Å². The molecule has 0 amide bonds. The van der Waals surface area contributed by atoms with E-state index in [-0.39, 0.29) is 112 Å². The first-order chi connectivity index (χ1) is 5.96. The van der Waals surface area contributed by atoms with Crippen LogP contribution < -0.4 is 0 Å². The Bertz CT molecular complexity index is 136. The SMILES string of the molecule is C[Si](C)C.C[Si](C)C.Cl.Cl.[C-]1=CC=CC1.[CH3-].[CH3-].[CH3-].[CH3-].[CH3-].[Hf].[NH2-]. The first kappa shape index (κ1) is 76.5. The fourth-order valence-corrected chi connectivity index (χ4v) is 0.340. The van der Waals surface area contributed by atoms with Crippen LogP contribution in [0, 0.1) is 43.2 Å². The van der Waals surface area contributed by atoms with Crippen LogP contribution in [0.5, 0.6) is 0 Å². The molecule has 0 spiro atoms. The van der Waals surface area contributed by atoms with Gasteiger partial charge in [0.1, 0.15) is 0 Å². The third kappa shape index (κ3) is 220. The molecule has 0 aromatic carbocycles. The van der Waals surface area contributed by atoms with Gasteiger partial charge in [0.15, 0.2) is 0 Å². The molecule has 1 aliphatic carbocycles. The smallest absolute Gasteiger partial charge is 0.0379 e. The molecule has 2 N–H and O–H groups in total. The van der Waals surface area contributed by atoms with Gasteiger partial charge < -0.3 is 43.3 Å². The van der Waals surface area contributed by atoms with Gasteiger partial charge in [-0.05, 0) is 0 Å². The Balaban J connectivity index is -0.00000000767. The van der Waals surface area contributed by atoms with Crippen LogP contribution in [0.4, 0.5) is 0 Å². The van der Waals surface area contributed by atoms with E-state index in [0.717, 1.165) is 6.42 Å². The van der Waals surface area contributed by atoms with E-state index in [0.29, 0.717) is 0 Å². The van der Waals surface area contributed by atoms with Crippen molar-refractivity contribution in [1.82, 2.24) is 0 Å². The zero-order valence-electron chi connectivity index (χ0n) is 16.8. The van der Waals surface area contributed by atoms with Gasteiger partial charge in [-0.25, -0.2) is 12.2 Å². The van der Waals surface area contributed by atoms with Crippen molar-refractivity contribution in [3.8, 4) is 0 Å². The van der Waals surface area contributed by atoms with Crippen molar-refractivity contribution in [3.63, 3.8) is 0 Å². The van der Waals surface area contributed by atoms with Gasteiger partial charge in [0, 0.05) is 43.4 Å². The Morgan fingerprint density at radius 3 is 1.00 bits per heavy atom. The summed E-state index contributed by atoms with van der Waals surface area (Å²) in [6, 6.07) is 0. The average molecular weight is 554 g/mol. The normalized spacial score (nSPS) is 7.27. The standard InChI is InChI=1S/C5H5.2C3H9Si.5CH3.2ClH.Hf.H2N/c1-2-4-5-3-1;2*1-4(2)3;;;;;;;;;/h1-3H,4H2;2*1-3H3;5*1H3;2*1H;;1H2/q-1;;;5*-1;;;;-1. The van der Waals surface area contributed by atoms with Crippen molar-refractivity contribution in [2.24, 2.45) is 0 Å². The monoisotopic (exact) mass is 554 g/mol. The molecule has 1 nitrogen and oxygen atoms in total. The van der Waals surface area contributed by atoms with Crippen LogP contribution in [0.1, 0.15) is 6.42 Å². The first-order valence-electron chi connectivity index (χ1n) is 4.72. The van der Waals surface area contributed by atoms with E-state index in [1.165, 1.54) is 0 Å². The van der Waals surface area contributed by atoms with E-state index in [1.54, 1.807) is 0 Å². The summed E-state index contributed by atoms with van der Waals surface area (Å²) in [6.45, 7) is 13.6. The summed E-state index contributed by atoms with van der Waals surface area (Å²) in [5.41, 5.74) is 0. The fourth-order valence-electron chi connectivity index (χ4n) is 0.340. The number of halogens is 2. The molecule has 144 valence electrons. The number of nitrogens with two attached hydrogens (primary N) is 1. The summed E-state index contributed by atoms with van der Waals surface area (Å²) in [4.78, 5) is 0. The third-order valence-electron chi connectivity index (χ3n) is 0.586. The molecule has 0 bridgehead atoms.